The molecule has 0 radical (unpaired) electrons. The third kappa shape index (κ3) is 4.85. The average Bonchev–Trinajstić information content (AvgIpc) is 2.85. The summed E-state index contributed by atoms with van der Waals surface area (Å²) in [6, 6.07) is 5.31. The molecule has 5 heteroatoms. The standard InChI is InChI=1S/C16H25N3O2/c17-13-7-8-15(14(18)12-13)21-11-4-2-1-3-9-19-10-5-6-16(19)20/h7-8,12H,1-6,9-11,17-18H2. The number of carbonyl (C=O) groups is 1. The first-order valence-corrected chi connectivity index (χ1v) is 7.72. The van der Waals surface area contributed by atoms with Crippen LogP contribution in [0.3, 0.4) is 0 Å². The maximum Gasteiger partial charge on any atom is 0.222 e. The van der Waals surface area contributed by atoms with Gasteiger partial charge in [0.15, 0.2) is 0 Å². The molecule has 21 heavy (non-hydrogen) atoms. The highest BCUT2D eigenvalue weighted by atomic mass is 16.5. The van der Waals surface area contributed by atoms with Gasteiger partial charge in [0, 0.05) is 25.2 Å². The minimum atomic E-state index is 0.317. The Kier molecular flexibility index (Phi) is 5.72. The Morgan fingerprint density at radius 2 is 1.95 bits per heavy atom. The first-order valence-electron chi connectivity index (χ1n) is 7.72. The highest BCUT2D eigenvalue weighted by molar-refractivity contribution is 5.77. The molecular weight excluding hydrogens is 266 g/mol. The number of nitrogen functional groups attached to an aromatic ring is 2. The summed E-state index contributed by atoms with van der Waals surface area (Å²) < 4.78 is 5.64. The van der Waals surface area contributed by atoms with Gasteiger partial charge in [-0.3, -0.25) is 4.79 Å². The predicted octanol–water partition coefficient (Wildman–Crippen LogP) is 2.41. The second-order valence-corrected chi connectivity index (χ2v) is 5.54. The normalized spacial score (nSPS) is 14.7. The number of rotatable bonds is 8. The van der Waals surface area contributed by atoms with Crippen LogP contribution in [-0.2, 0) is 4.79 Å². The summed E-state index contributed by atoms with van der Waals surface area (Å²) in [5.41, 5.74) is 12.7. The number of benzene rings is 1. The van der Waals surface area contributed by atoms with Gasteiger partial charge in [0.25, 0.3) is 0 Å². The number of ether oxygens (including phenoxy) is 1. The molecule has 1 aromatic carbocycles. The molecule has 1 amide bonds. The third-order valence-electron chi connectivity index (χ3n) is 3.79. The van der Waals surface area contributed by atoms with E-state index in [0.29, 0.717) is 29.6 Å². The van der Waals surface area contributed by atoms with Gasteiger partial charge >= 0.3 is 0 Å². The van der Waals surface area contributed by atoms with Gasteiger partial charge in [0.05, 0.1) is 12.3 Å². The molecule has 0 aliphatic carbocycles. The molecule has 0 aromatic heterocycles. The molecule has 116 valence electrons. The van der Waals surface area contributed by atoms with Gasteiger partial charge in [-0.15, -0.1) is 0 Å². The molecule has 5 nitrogen and oxygen atoms in total. The molecule has 0 unspecified atom stereocenters. The van der Waals surface area contributed by atoms with Crippen LogP contribution < -0.4 is 16.2 Å². The fourth-order valence-electron chi connectivity index (χ4n) is 2.58. The van der Waals surface area contributed by atoms with Gasteiger partial charge in [-0.25, -0.2) is 0 Å². The Bertz CT molecular complexity index is 477. The highest BCUT2D eigenvalue weighted by Gasteiger charge is 2.18. The van der Waals surface area contributed by atoms with Gasteiger partial charge in [-0.1, -0.05) is 12.8 Å². The van der Waals surface area contributed by atoms with E-state index in [1.807, 2.05) is 11.0 Å². The highest BCUT2D eigenvalue weighted by Crippen LogP contribution is 2.23. The van der Waals surface area contributed by atoms with Crippen molar-refractivity contribution >= 4 is 17.3 Å². The number of nitrogens with zero attached hydrogens (tertiary/aromatic N) is 1. The van der Waals surface area contributed by atoms with Gasteiger partial charge in [-0.2, -0.15) is 0 Å². The van der Waals surface area contributed by atoms with E-state index < -0.39 is 0 Å². The van der Waals surface area contributed by atoms with Crippen LogP contribution in [0.4, 0.5) is 11.4 Å². The molecule has 1 aliphatic heterocycles. The van der Waals surface area contributed by atoms with Crippen LogP contribution >= 0.6 is 0 Å². The first kappa shape index (κ1) is 15.5. The lowest BCUT2D eigenvalue weighted by molar-refractivity contribution is -0.127. The minimum Gasteiger partial charge on any atom is -0.491 e. The zero-order valence-electron chi connectivity index (χ0n) is 12.5. The van der Waals surface area contributed by atoms with Crippen molar-refractivity contribution in [3.05, 3.63) is 18.2 Å². The van der Waals surface area contributed by atoms with E-state index in [1.54, 1.807) is 12.1 Å². The molecule has 0 saturated carbocycles. The maximum absolute atomic E-state index is 11.4. The van der Waals surface area contributed by atoms with Crippen molar-refractivity contribution in [2.24, 2.45) is 0 Å². The number of unbranched alkanes of at least 4 members (excludes halogenated alkanes) is 3. The first-order chi connectivity index (χ1) is 10.2. The molecule has 0 atom stereocenters. The van der Waals surface area contributed by atoms with E-state index in [4.69, 9.17) is 16.2 Å². The Labute approximate surface area is 126 Å². The van der Waals surface area contributed by atoms with Crippen LogP contribution in [0.15, 0.2) is 18.2 Å². The summed E-state index contributed by atoms with van der Waals surface area (Å²) in [5, 5.41) is 0. The van der Waals surface area contributed by atoms with Gasteiger partial charge in [0.1, 0.15) is 5.75 Å². The number of carbonyl (C=O) groups excluding carboxylic acids is 1. The van der Waals surface area contributed by atoms with Gasteiger partial charge in [0.2, 0.25) is 5.91 Å². The van der Waals surface area contributed by atoms with Crippen molar-refractivity contribution in [1.82, 2.24) is 4.90 Å². The van der Waals surface area contributed by atoms with Crippen molar-refractivity contribution in [3.8, 4) is 5.75 Å². The van der Waals surface area contributed by atoms with Crippen LogP contribution in [0.1, 0.15) is 38.5 Å². The van der Waals surface area contributed by atoms with E-state index in [2.05, 4.69) is 0 Å². The number of anilines is 2. The van der Waals surface area contributed by atoms with Crippen LogP contribution in [0.5, 0.6) is 5.75 Å². The number of hydrogen-bond donors (Lipinski definition) is 2. The van der Waals surface area contributed by atoms with E-state index in [0.717, 1.165) is 51.6 Å². The molecule has 1 aromatic rings. The van der Waals surface area contributed by atoms with E-state index in [9.17, 15) is 4.79 Å². The molecule has 1 saturated heterocycles. The topological polar surface area (TPSA) is 81.6 Å². The van der Waals surface area contributed by atoms with Crippen molar-refractivity contribution < 1.29 is 9.53 Å². The molecule has 1 aliphatic rings. The zero-order valence-corrected chi connectivity index (χ0v) is 12.5. The monoisotopic (exact) mass is 291 g/mol. The molecule has 2 rings (SSSR count). The molecule has 0 bridgehead atoms. The summed E-state index contributed by atoms with van der Waals surface area (Å²) in [7, 11) is 0. The van der Waals surface area contributed by atoms with Gasteiger partial charge < -0.3 is 21.1 Å². The predicted molar refractivity (Wildman–Crippen MR) is 85.0 cm³/mol. The van der Waals surface area contributed by atoms with Crippen molar-refractivity contribution in [2.45, 2.75) is 38.5 Å². The zero-order chi connectivity index (χ0) is 15.1. The SMILES string of the molecule is Nc1ccc(OCCCCCCN2CCCC2=O)c(N)c1. The Hall–Kier alpha value is -1.91. The number of amides is 1. The fraction of sp³-hybridized carbons (Fsp3) is 0.562. The molecule has 4 N–H and O–H groups in total. The summed E-state index contributed by atoms with van der Waals surface area (Å²) in [6.07, 6.45) is 6.07. The molecule has 1 heterocycles. The van der Waals surface area contributed by atoms with Crippen LogP contribution in [0.25, 0.3) is 0 Å². The molecular formula is C16H25N3O2. The number of nitrogens with two attached hydrogens (primary N) is 2. The second-order valence-electron chi connectivity index (χ2n) is 5.54. The number of hydrogen-bond acceptors (Lipinski definition) is 4. The summed E-state index contributed by atoms with van der Waals surface area (Å²) in [5.74, 6) is 1.02. The Balaban J connectivity index is 1.53. The summed E-state index contributed by atoms with van der Waals surface area (Å²) in [6.45, 7) is 2.51. The summed E-state index contributed by atoms with van der Waals surface area (Å²) >= 11 is 0. The minimum absolute atomic E-state index is 0.317. The van der Waals surface area contributed by atoms with Crippen LogP contribution in [0, 0.1) is 0 Å². The van der Waals surface area contributed by atoms with Gasteiger partial charge in [-0.05, 0) is 37.5 Å². The largest absolute Gasteiger partial charge is 0.491 e. The Morgan fingerprint density at radius 3 is 2.67 bits per heavy atom. The van der Waals surface area contributed by atoms with Crippen LogP contribution in [-0.4, -0.2) is 30.5 Å². The molecule has 0 spiro atoms. The third-order valence-corrected chi connectivity index (χ3v) is 3.79. The summed E-state index contributed by atoms with van der Waals surface area (Å²) in [4.78, 5) is 13.4. The fourth-order valence-corrected chi connectivity index (χ4v) is 2.58. The number of likely N-dealkylation sites (tertiary alicyclic amines) is 1. The lowest BCUT2D eigenvalue weighted by Gasteiger charge is -2.15. The smallest absolute Gasteiger partial charge is 0.222 e. The van der Waals surface area contributed by atoms with Crippen molar-refractivity contribution in [1.29, 1.82) is 0 Å². The lowest BCUT2D eigenvalue weighted by Crippen LogP contribution is -2.25. The quantitative estimate of drug-likeness (QED) is 0.569. The van der Waals surface area contributed by atoms with E-state index in [1.165, 1.54) is 0 Å². The van der Waals surface area contributed by atoms with Crippen LogP contribution in [0.2, 0.25) is 0 Å². The Morgan fingerprint density at radius 1 is 1.14 bits per heavy atom. The maximum atomic E-state index is 11.4. The molecule has 1 fully saturated rings. The second kappa shape index (κ2) is 7.76. The van der Waals surface area contributed by atoms with Crippen molar-refractivity contribution in [3.63, 3.8) is 0 Å². The lowest BCUT2D eigenvalue weighted by atomic mass is 10.2. The van der Waals surface area contributed by atoms with Crippen molar-refractivity contribution in [2.75, 3.05) is 31.2 Å². The average molecular weight is 291 g/mol. The van der Waals surface area contributed by atoms with E-state index in [-0.39, 0.29) is 0 Å². The van der Waals surface area contributed by atoms with E-state index >= 15 is 0 Å².